The Balaban J connectivity index is 1.63. The standard InChI is InChI=1S/C21H39N5O2/c1-2-22-21(23-14-9-17-26-16-8-4-7-12-20(26)28)24-15-13-19(27)25-18-10-5-3-6-11-18/h18H,2-17H2,1H3,(H,25,27)(H2,22,23,24). The molecule has 7 nitrogen and oxygen atoms in total. The molecular formula is C21H39N5O2. The number of hydrogen-bond acceptors (Lipinski definition) is 3. The average molecular weight is 394 g/mol. The number of aliphatic imine (C=N–C) groups is 1. The van der Waals surface area contributed by atoms with Crippen molar-refractivity contribution in [1.82, 2.24) is 20.9 Å². The molecule has 0 spiro atoms. The van der Waals surface area contributed by atoms with Crippen molar-refractivity contribution < 1.29 is 9.59 Å². The van der Waals surface area contributed by atoms with E-state index in [4.69, 9.17) is 0 Å². The Bertz CT molecular complexity index is 503. The number of amides is 2. The summed E-state index contributed by atoms with van der Waals surface area (Å²) < 4.78 is 0. The fourth-order valence-electron chi connectivity index (χ4n) is 3.91. The van der Waals surface area contributed by atoms with Crippen molar-refractivity contribution in [3.63, 3.8) is 0 Å². The molecule has 160 valence electrons. The molecule has 0 bridgehead atoms. The van der Waals surface area contributed by atoms with E-state index < -0.39 is 0 Å². The van der Waals surface area contributed by atoms with Crippen LogP contribution in [0.4, 0.5) is 0 Å². The summed E-state index contributed by atoms with van der Waals surface area (Å²) in [5.74, 6) is 1.15. The Morgan fingerprint density at radius 1 is 1.11 bits per heavy atom. The van der Waals surface area contributed by atoms with Gasteiger partial charge < -0.3 is 20.9 Å². The van der Waals surface area contributed by atoms with Gasteiger partial charge in [-0.1, -0.05) is 25.7 Å². The Hall–Kier alpha value is -1.79. The third-order valence-corrected chi connectivity index (χ3v) is 5.49. The van der Waals surface area contributed by atoms with Crippen LogP contribution < -0.4 is 16.0 Å². The summed E-state index contributed by atoms with van der Waals surface area (Å²) in [6.07, 6.45) is 11.3. The maximum atomic E-state index is 12.1. The highest BCUT2D eigenvalue weighted by molar-refractivity contribution is 5.81. The van der Waals surface area contributed by atoms with E-state index in [1.165, 1.54) is 19.3 Å². The number of guanidine groups is 1. The topological polar surface area (TPSA) is 85.8 Å². The van der Waals surface area contributed by atoms with E-state index in [9.17, 15) is 9.59 Å². The third kappa shape index (κ3) is 8.93. The van der Waals surface area contributed by atoms with Gasteiger partial charge in [0.15, 0.2) is 5.96 Å². The molecule has 0 unspecified atom stereocenters. The first-order valence-electron chi connectivity index (χ1n) is 11.3. The maximum Gasteiger partial charge on any atom is 0.222 e. The van der Waals surface area contributed by atoms with Crippen molar-refractivity contribution in [2.24, 2.45) is 4.99 Å². The van der Waals surface area contributed by atoms with Crippen molar-refractivity contribution in [3.8, 4) is 0 Å². The summed E-state index contributed by atoms with van der Waals surface area (Å²) in [5, 5.41) is 9.61. The summed E-state index contributed by atoms with van der Waals surface area (Å²) in [4.78, 5) is 30.7. The highest BCUT2D eigenvalue weighted by Crippen LogP contribution is 2.17. The maximum absolute atomic E-state index is 12.1. The molecule has 28 heavy (non-hydrogen) atoms. The molecule has 0 radical (unpaired) electrons. The van der Waals surface area contributed by atoms with E-state index in [1.807, 2.05) is 11.8 Å². The highest BCUT2D eigenvalue weighted by atomic mass is 16.2. The minimum absolute atomic E-state index is 0.120. The zero-order valence-electron chi connectivity index (χ0n) is 17.6. The van der Waals surface area contributed by atoms with E-state index >= 15 is 0 Å². The summed E-state index contributed by atoms with van der Waals surface area (Å²) in [7, 11) is 0. The first kappa shape index (κ1) is 22.5. The first-order chi connectivity index (χ1) is 13.7. The molecule has 7 heteroatoms. The first-order valence-corrected chi connectivity index (χ1v) is 11.3. The van der Waals surface area contributed by atoms with Crippen molar-refractivity contribution in [1.29, 1.82) is 0 Å². The van der Waals surface area contributed by atoms with Crippen LogP contribution in [0.5, 0.6) is 0 Å². The predicted octanol–water partition coefficient (Wildman–Crippen LogP) is 2.17. The van der Waals surface area contributed by atoms with Gasteiger partial charge >= 0.3 is 0 Å². The van der Waals surface area contributed by atoms with E-state index in [-0.39, 0.29) is 11.8 Å². The van der Waals surface area contributed by atoms with Gasteiger partial charge in [0.05, 0.1) is 0 Å². The number of likely N-dealkylation sites (tertiary alicyclic amines) is 1. The fourth-order valence-corrected chi connectivity index (χ4v) is 3.91. The third-order valence-electron chi connectivity index (χ3n) is 5.49. The van der Waals surface area contributed by atoms with Gasteiger partial charge in [0.25, 0.3) is 0 Å². The lowest BCUT2D eigenvalue weighted by Gasteiger charge is -2.22. The lowest BCUT2D eigenvalue weighted by atomic mass is 9.95. The van der Waals surface area contributed by atoms with E-state index in [0.29, 0.717) is 32.0 Å². The Morgan fingerprint density at radius 3 is 2.68 bits per heavy atom. The van der Waals surface area contributed by atoms with E-state index in [0.717, 1.165) is 64.1 Å². The van der Waals surface area contributed by atoms with Crippen molar-refractivity contribution in [3.05, 3.63) is 0 Å². The number of hydrogen-bond donors (Lipinski definition) is 3. The van der Waals surface area contributed by atoms with Gasteiger partial charge in [0.2, 0.25) is 11.8 Å². The van der Waals surface area contributed by atoms with Crippen LogP contribution in [0.25, 0.3) is 0 Å². The molecule has 3 N–H and O–H groups in total. The minimum atomic E-state index is 0.120. The zero-order valence-corrected chi connectivity index (χ0v) is 17.6. The van der Waals surface area contributed by atoms with Crippen LogP contribution >= 0.6 is 0 Å². The summed E-state index contributed by atoms with van der Waals surface area (Å²) in [6, 6.07) is 0.366. The smallest absolute Gasteiger partial charge is 0.222 e. The molecule has 1 aliphatic heterocycles. The predicted molar refractivity (Wildman–Crippen MR) is 113 cm³/mol. The Kier molecular flexibility index (Phi) is 10.8. The second-order valence-corrected chi connectivity index (χ2v) is 7.88. The van der Waals surface area contributed by atoms with E-state index in [2.05, 4.69) is 20.9 Å². The highest BCUT2D eigenvalue weighted by Gasteiger charge is 2.16. The molecule has 1 heterocycles. The van der Waals surface area contributed by atoms with Gasteiger partial charge in [0.1, 0.15) is 0 Å². The number of nitrogens with zero attached hydrogens (tertiary/aromatic N) is 2. The molecule has 1 saturated heterocycles. The van der Waals surface area contributed by atoms with E-state index in [1.54, 1.807) is 0 Å². The van der Waals surface area contributed by atoms with Gasteiger partial charge in [-0.25, -0.2) is 0 Å². The Labute approximate surface area is 170 Å². The van der Waals surface area contributed by atoms with Gasteiger partial charge in [0, 0.05) is 51.6 Å². The molecule has 0 aromatic carbocycles. The second-order valence-electron chi connectivity index (χ2n) is 7.88. The number of nitrogens with one attached hydrogen (secondary N) is 3. The average Bonchev–Trinajstić information content (AvgIpc) is 2.90. The molecule has 2 fully saturated rings. The Morgan fingerprint density at radius 2 is 1.89 bits per heavy atom. The molecule has 1 aliphatic carbocycles. The van der Waals surface area contributed by atoms with Crippen molar-refractivity contribution in [2.75, 3.05) is 32.7 Å². The summed E-state index contributed by atoms with van der Waals surface area (Å²) >= 11 is 0. The van der Waals surface area contributed by atoms with Crippen LogP contribution in [0, 0.1) is 0 Å². The molecule has 0 aromatic heterocycles. The molecule has 2 rings (SSSR count). The van der Waals surface area contributed by atoms with Crippen LogP contribution in [-0.2, 0) is 9.59 Å². The lowest BCUT2D eigenvalue weighted by molar-refractivity contribution is -0.130. The molecule has 1 saturated carbocycles. The zero-order chi connectivity index (χ0) is 20.0. The van der Waals surface area contributed by atoms with Crippen LogP contribution in [0.15, 0.2) is 4.99 Å². The SMILES string of the molecule is CCNC(=NCCCN1CCCCCC1=O)NCCC(=O)NC1CCCCC1. The van der Waals surface area contributed by atoms with Gasteiger partial charge in [-0.2, -0.15) is 0 Å². The summed E-state index contributed by atoms with van der Waals surface area (Å²) in [6.45, 7) is 5.73. The molecule has 0 atom stereocenters. The van der Waals surface area contributed by atoms with Crippen LogP contribution in [0.2, 0.25) is 0 Å². The number of carbonyl (C=O) groups excluding carboxylic acids is 2. The fraction of sp³-hybridized carbons (Fsp3) is 0.857. The van der Waals surface area contributed by atoms with Gasteiger partial charge in [-0.3, -0.25) is 14.6 Å². The quantitative estimate of drug-likeness (QED) is 0.318. The number of carbonyl (C=O) groups is 2. The lowest BCUT2D eigenvalue weighted by Crippen LogP contribution is -2.41. The molecular weight excluding hydrogens is 354 g/mol. The van der Waals surface area contributed by atoms with Gasteiger partial charge in [-0.05, 0) is 39.0 Å². The minimum Gasteiger partial charge on any atom is -0.357 e. The van der Waals surface area contributed by atoms with Crippen LogP contribution in [-0.4, -0.2) is 61.4 Å². The van der Waals surface area contributed by atoms with Crippen molar-refractivity contribution >= 4 is 17.8 Å². The number of rotatable bonds is 9. The summed E-state index contributed by atoms with van der Waals surface area (Å²) in [5.41, 5.74) is 0. The normalized spacial score (nSPS) is 19.2. The second kappa shape index (κ2) is 13.4. The van der Waals surface area contributed by atoms with Crippen LogP contribution in [0.3, 0.4) is 0 Å². The van der Waals surface area contributed by atoms with Gasteiger partial charge in [-0.15, -0.1) is 0 Å². The molecule has 2 amide bonds. The molecule has 2 aliphatic rings. The van der Waals surface area contributed by atoms with Crippen LogP contribution in [0.1, 0.15) is 77.6 Å². The monoisotopic (exact) mass is 393 g/mol. The van der Waals surface area contributed by atoms with Crippen molar-refractivity contribution in [2.45, 2.75) is 83.6 Å². The molecule has 0 aromatic rings. The largest absolute Gasteiger partial charge is 0.357 e.